The summed E-state index contributed by atoms with van der Waals surface area (Å²) in [6, 6.07) is 15.9. The molecule has 3 rings (SSSR count). The van der Waals surface area contributed by atoms with E-state index in [0.717, 1.165) is 35.4 Å². The van der Waals surface area contributed by atoms with Gasteiger partial charge in [0.05, 0.1) is 15.2 Å². The van der Waals surface area contributed by atoms with Crippen molar-refractivity contribution in [3.63, 3.8) is 0 Å². The Morgan fingerprint density at radius 1 is 1.12 bits per heavy atom. The van der Waals surface area contributed by atoms with Crippen LogP contribution in [0.4, 0.5) is 0 Å². The summed E-state index contributed by atoms with van der Waals surface area (Å²) in [4.78, 5) is 18.7. The third-order valence-corrected chi connectivity index (χ3v) is 5.63. The van der Waals surface area contributed by atoms with E-state index in [1.807, 2.05) is 49.5 Å². The van der Waals surface area contributed by atoms with E-state index in [1.165, 1.54) is 4.70 Å². The van der Waals surface area contributed by atoms with Crippen molar-refractivity contribution in [2.75, 3.05) is 7.05 Å². The van der Waals surface area contributed by atoms with Crippen molar-refractivity contribution in [3.05, 3.63) is 64.1 Å². The summed E-state index contributed by atoms with van der Waals surface area (Å²) >= 11 is 7.90. The Kier molecular flexibility index (Phi) is 6.05. The largest absolute Gasteiger partial charge is 0.341 e. The highest BCUT2D eigenvalue weighted by molar-refractivity contribution is 7.18. The fourth-order valence-electron chi connectivity index (χ4n) is 2.74. The lowest BCUT2D eigenvalue weighted by Crippen LogP contribution is -2.26. The molecule has 0 saturated heterocycles. The van der Waals surface area contributed by atoms with Crippen LogP contribution in [0.3, 0.4) is 0 Å². The summed E-state index contributed by atoms with van der Waals surface area (Å²) in [5.74, 6) is 0.157. The number of halogens is 1. The molecule has 3 nitrogen and oxygen atoms in total. The van der Waals surface area contributed by atoms with Gasteiger partial charge in [-0.3, -0.25) is 4.79 Å². The standard InChI is InChI=1S/C20H21ClN2OS/c1-23(14-15-8-2-3-9-16(15)21)20(24)13-7-6-12-19-22-17-10-4-5-11-18(17)25-19/h2-5,8-11H,6-7,12-14H2,1H3. The van der Waals surface area contributed by atoms with E-state index in [9.17, 15) is 4.79 Å². The van der Waals surface area contributed by atoms with E-state index in [0.29, 0.717) is 18.0 Å². The predicted molar refractivity (Wildman–Crippen MR) is 105 cm³/mol. The number of thiazole rings is 1. The molecule has 0 aliphatic heterocycles. The number of nitrogens with zero attached hydrogens (tertiary/aromatic N) is 2. The number of para-hydroxylation sites is 1. The lowest BCUT2D eigenvalue weighted by Gasteiger charge is -2.18. The molecule has 0 saturated carbocycles. The van der Waals surface area contributed by atoms with Gasteiger partial charge in [0.2, 0.25) is 5.91 Å². The molecule has 0 fully saturated rings. The molecule has 1 amide bonds. The number of hydrogen-bond donors (Lipinski definition) is 0. The van der Waals surface area contributed by atoms with Gasteiger partial charge < -0.3 is 4.90 Å². The summed E-state index contributed by atoms with van der Waals surface area (Å²) in [7, 11) is 1.83. The molecule has 3 aromatic rings. The Hall–Kier alpha value is -1.91. The fourth-order valence-corrected chi connectivity index (χ4v) is 3.95. The molecule has 2 aromatic carbocycles. The Morgan fingerprint density at radius 3 is 2.68 bits per heavy atom. The minimum atomic E-state index is 0.157. The minimum absolute atomic E-state index is 0.157. The molecule has 130 valence electrons. The zero-order valence-corrected chi connectivity index (χ0v) is 15.8. The molecule has 0 atom stereocenters. The molecule has 0 N–H and O–H groups in total. The highest BCUT2D eigenvalue weighted by Gasteiger charge is 2.11. The molecule has 0 unspecified atom stereocenters. The van der Waals surface area contributed by atoms with E-state index < -0.39 is 0 Å². The van der Waals surface area contributed by atoms with Crippen molar-refractivity contribution in [3.8, 4) is 0 Å². The SMILES string of the molecule is CN(Cc1ccccc1Cl)C(=O)CCCCc1nc2ccccc2s1. The zero-order valence-electron chi connectivity index (χ0n) is 14.2. The van der Waals surface area contributed by atoms with Crippen molar-refractivity contribution in [2.45, 2.75) is 32.2 Å². The first-order chi connectivity index (χ1) is 12.1. The summed E-state index contributed by atoms with van der Waals surface area (Å²) in [6.07, 6.45) is 3.35. The van der Waals surface area contributed by atoms with Crippen molar-refractivity contribution in [2.24, 2.45) is 0 Å². The van der Waals surface area contributed by atoms with Crippen LogP contribution in [0.5, 0.6) is 0 Å². The van der Waals surface area contributed by atoms with Crippen LogP contribution in [0.2, 0.25) is 5.02 Å². The minimum Gasteiger partial charge on any atom is -0.341 e. The van der Waals surface area contributed by atoms with E-state index in [2.05, 4.69) is 11.1 Å². The molecular formula is C20H21ClN2OS. The van der Waals surface area contributed by atoms with Crippen LogP contribution in [0.1, 0.15) is 29.8 Å². The van der Waals surface area contributed by atoms with Crippen LogP contribution in [0, 0.1) is 0 Å². The maximum atomic E-state index is 12.3. The van der Waals surface area contributed by atoms with Crippen LogP contribution < -0.4 is 0 Å². The third-order valence-electron chi connectivity index (χ3n) is 4.16. The second-order valence-corrected chi connectivity index (χ2v) is 7.65. The Labute approximate surface area is 157 Å². The zero-order chi connectivity index (χ0) is 17.6. The molecule has 0 bridgehead atoms. The van der Waals surface area contributed by atoms with Crippen molar-refractivity contribution >= 4 is 39.1 Å². The molecular weight excluding hydrogens is 352 g/mol. The first-order valence-corrected chi connectivity index (χ1v) is 9.65. The highest BCUT2D eigenvalue weighted by Crippen LogP contribution is 2.23. The average molecular weight is 373 g/mol. The lowest BCUT2D eigenvalue weighted by atomic mass is 10.1. The highest BCUT2D eigenvalue weighted by atomic mass is 35.5. The Bertz CT molecular complexity index is 829. The number of hydrogen-bond acceptors (Lipinski definition) is 3. The topological polar surface area (TPSA) is 33.2 Å². The number of carbonyl (C=O) groups is 1. The van der Waals surface area contributed by atoms with E-state index in [1.54, 1.807) is 16.2 Å². The van der Waals surface area contributed by atoms with Crippen LogP contribution in [-0.2, 0) is 17.8 Å². The molecule has 0 radical (unpaired) electrons. The average Bonchev–Trinajstić information content (AvgIpc) is 3.03. The van der Waals surface area contributed by atoms with Crippen molar-refractivity contribution < 1.29 is 4.79 Å². The van der Waals surface area contributed by atoms with Crippen LogP contribution in [0.15, 0.2) is 48.5 Å². The second-order valence-electron chi connectivity index (χ2n) is 6.12. The predicted octanol–water partition coefficient (Wildman–Crippen LogP) is 5.32. The smallest absolute Gasteiger partial charge is 0.222 e. The van der Waals surface area contributed by atoms with Gasteiger partial charge in [-0.2, -0.15) is 0 Å². The molecule has 1 aromatic heterocycles. The number of aromatic nitrogens is 1. The first-order valence-electron chi connectivity index (χ1n) is 8.45. The van der Waals surface area contributed by atoms with Gasteiger partial charge in [-0.25, -0.2) is 4.98 Å². The van der Waals surface area contributed by atoms with E-state index in [4.69, 9.17) is 11.6 Å². The van der Waals surface area contributed by atoms with Gasteiger partial charge in [0.1, 0.15) is 0 Å². The normalized spacial score (nSPS) is 11.0. The summed E-state index contributed by atoms with van der Waals surface area (Å²) in [6.45, 7) is 0.552. The fraction of sp³-hybridized carbons (Fsp3) is 0.300. The van der Waals surface area contributed by atoms with Gasteiger partial charge in [-0.05, 0) is 43.0 Å². The van der Waals surface area contributed by atoms with Crippen LogP contribution in [0.25, 0.3) is 10.2 Å². The Morgan fingerprint density at radius 2 is 1.88 bits per heavy atom. The summed E-state index contributed by atoms with van der Waals surface area (Å²) < 4.78 is 1.23. The van der Waals surface area contributed by atoms with Crippen LogP contribution >= 0.6 is 22.9 Å². The Balaban J connectivity index is 1.43. The molecule has 0 aliphatic carbocycles. The maximum absolute atomic E-state index is 12.3. The molecule has 0 spiro atoms. The number of fused-ring (bicyclic) bond motifs is 1. The monoisotopic (exact) mass is 372 g/mol. The van der Waals surface area contributed by atoms with Gasteiger partial charge in [-0.1, -0.05) is 41.9 Å². The maximum Gasteiger partial charge on any atom is 0.222 e. The summed E-state index contributed by atoms with van der Waals surface area (Å²) in [5, 5.41) is 1.86. The molecule has 0 aliphatic rings. The number of unbranched alkanes of at least 4 members (excludes halogenated alkanes) is 1. The number of benzene rings is 2. The first kappa shape index (κ1) is 17.9. The number of rotatable bonds is 7. The van der Waals surface area contributed by atoms with Gasteiger partial charge in [-0.15, -0.1) is 11.3 Å². The molecule has 5 heteroatoms. The number of aryl methyl sites for hydroxylation is 1. The van der Waals surface area contributed by atoms with E-state index >= 15 is 0 Å². The van der Waals surface area contributed by atoms with Gasteiger partial charge in [0.15, 0.2) is 0 Å². The quantitative estimate of drug-likeness (QED) is 0.526. The van der Waals surface area contributed by atoms with Crippen molar-refractivity contribution in [1.82, 2.24) is 9.88 Å². The number of carbonyl (C=O) groups excluding carboxylic acids is 1. The molecule has 25 heavy (non-hydrogen) atoms. The second kappa shape index (κ2) is 8.45. The van der Waals surface area contributed by atoms with Gasteiger partial charge in [0, 0.05) is 25.0 Å². The van der Waals surface area contributed by atoms with E-state index in [-0.39, 0.29) is 5.91 Å². The van der Waals surface area contributed by atoms with Crippen LogP contribution in [-0.4, -0.2) is 22.8 Å². The third kappa shape index (κ3) is 4.80. The van der Waals surface area contributed by atoms with Gasteiger partial charge >= 0.3 is 0 Å². The number of amides is 1. The summed E-state index contributed by atoms with van der Waals surface area (Å²) in [5.41, 5.74) is 2.05. The molecule has 1 heterocycles. The van der Waals surface area contributed by atoms with Gasteiger partial charge in [0.25, 0.3) is 0 Å². The van der Waals surface area contributed by atoms with Crippen molar-refractivity contribution in [1.29, 1.82) is 0 Å². The lowest BCUT2D eigenvalue weighted by molar-refractivity contribution is -0.130.